The van der Waals surface area contributed by atoms with Gasteiger partial charge in [-0.1, -0.05) is 25.1 Å². The van der Waals surface area contributed by atoms with Crippen LogP contribution in [0.4, 0.5) is 18.9 Å². The van der Waals surface area contributed by atoms with Crippen molar-refractivity contribution in [1.29, 1.82) is 0 Å². The molecule has 0 bridgehead atoms. The van der Waals surface area contributed by atoms with Crippen LogP contribution in [0.15, 0.2) is 36.5 Å². The number of hydrogen-bond acceptors (Lipinski definition) is 4. The van der Waals surface area contributed by atoms with Gasteiger partial charge in [0.05, 0.1) is 21.3 Å². The molecule has 1 atom stereocenters. The molecule has 0 fully saturated rings. The summed E-state index contributed by atoms with van der Waals surface area (Å²) in [5.74, 6) is 0.841. The van der Waals surface area contributed by atoms with Crippen LogP contribution in [0, 0.1) is 0 Å². The highest BCUT2D eigenvalue weighted by Crippen LogP contribution is 2.44. The normalized spacial score (nSPS) is 12.7. The predicted molar refractivity (Wildman–Crippen MR) is 106 cm³/mol. The lowest BCUT2D eigenvalue weighted by Gasteiger charge is -2.24. The smallest absolute Gasteiger partial charge is 0.412 e. The third-order valence-electron chi connectivity index (χ3n) is 4.83. The van der Waals surface area contributed by atoms with Crippen molar-refractivity contribution < 1.29 is 27.4 Å². The number of nitrogens with one attached hydrogen (secondary N) is 2. The lowest BCUT2D eigenvalue weighted by Crippen LogP contribution is -2.27. The van der Waals surface area contributed by atoms with E-state index in [1.807, 2.05) is 13.0 Å². The first-order valence-electron chi connectivity index (χ1n) is 9.06. The number of halogens is 3. The van der Waals surface area contributed by atoms with Crippen LogP contribution in [0.2, 0.25) is 0 Å². The number of fused-ring (bicyclic) bond motifs is 1. The zero-order valence-electron chi connectivity index (χ0n) is 16.6. The van der Waals surface area contributed by atoms with Crippen molar-refractivity contribution in [2.75, 3.05) is 26.6 Å². The van der Waals surface area contributed by atoms with E-state index < -0.39 is 12.2 Å². The molecule has 5 nitrogen and oxygen atoms in total. The van der Waals surface area contributed by atoms with Gasteiger partial charge in [0.15, 0.2) is 17.5 Å². The number of ether oxygens (including phenoxy) is 3. The summed E-state index contributed by atoms with van der Waals surface area (Å²) in [7, 11) is 4.26. The third-order valence-corrected chi connectivity index (χ3v) is 4.83. The number of alkyl halides is 3. The standard InChI is InChI=1S/C21H23F3N2O3/c1-5-12-7-6-8-14-15(11-25-18(12)14)20(21(22,23)24)26-13-9-16(27-2)19(29-4)17(10-13)28-3/h6-11,20,25-26H,5H2,1-4H3/t20-/m1/s1. The number of benzene rings is 2. The van der Waals surface area contributed by atoms with Gasteiger partial charge in [0.1, 0.15) is 0 Å². The average molecular weight is 408 g/mol. The van der Waals surface area contributed by atoms with Gasteiger partial charge in [0, 0.05) is 40.5 Å². The average Bonchev–Trinajstić information content (AvgIpc) is 3.13. The Morgan fingerprint density at radius 3 is 2.21 bits per heavy atom. The Hall–Kier alpha value is -3.03. The van der Waals surface area contributed by atoms with E-state index in [2.05, 4.69) is 10.3 Å². The highest BCUT2D eigenvalue weighted by molar-refractivity contribution is 5.87. The predicted octanol–water partition coefficient (Wildman–Crippen LogP) is 5.47. The van der Waals surface area contributed by atoms with Crippen molar-refractivity contribution in [3.8, 4) is 17.2 Å². The highest BCUT2D eigenvalue weighted by Gasteiger charge is 2.42. The molecule has 0 saturated carbocycles. The molecule has 0 aliphatic heterocycles. The minimum Gasteiger partial charge on any atom is -0.493 e. The van der Waals surface area contributed by atoms with Crippen LogP contribution in [0.3, 0.4) is 0 Å². The Balaban J connectivity index is 2.09. The van der Waals surface area contributed by atoms with Gasteiger partial charge in [-0.15, -0.1) is 0 Å². The van der Waals surface area contributed by atoms with Gasteiger partial charge in [-0.3, -0.25) is 0 Å². The summed E-state index contributed by atoms with van der Waals surface area (Å²) < 4.78 is 57.8. The zero-order valence-corrected chi connectivity index (χ0v) is 16.6. The Kier molecular flexibility index (Phi) is 5.81. The molecule has 1 heterocycles. The number of aromatic amines is 1. The van der Waals surface area contributed by atoms with Gasteiger partial charge in [0.2, 0.25) is 5.75 Å². The van der Waals surface area contributed by atoms with Crippen LogP contribution in [-0.2, 0) is 6.42 Å². The lowest BCUT2D eigenvalue weighted by atomic mass is 10.0. The SMILES string of the molecule is CCc1cccc2c([C@@H](Nc3cc(OC)c(OC)c(OC)c3)C(F)(F)F)c[nH]c12. The Labute approximate surface area is 166 Å². The van der Waals surface area contributed by atoms with Crippen LogP contribution >= 0.6 is 0 Å². The first kappa shape index (κ1) is 20.7. The molecule has 0 aliphatic rings. The van der Waals surface area contributed by atoms with E-state index in [0.29, 0.717) is 23.1 Å². The third kappa shape index (κ3) is 3.92. The minimum atomic E-state index is -4.53. The topological polar surface area (TPSA) is 55.5 Å². The molecule has 0 amide bonds. The molecular formula is C21H23F3N2O3. The second kappa shape index (κ2) is 8.14. The van der Waals surface area contributed by atoms with Gasteiger partial charge in [0.25, 0.3) is 0 Å². The molecule has 156 valence electrons. The van der Waals surface area contributed by atoms with Crippen molar-refractivity contribution in [1.82, 2.24) is 4.98 Å². The van der Waals surface area contributed by atoms with Crippen LogP contribution in [-0.4, -0.2) is 32.5 Å². The van der Waals surface area contributed by atoms with Crippen molar-refractivity contribution in [2.24, 2.45) is 0 Å². The first-order valence-corrected chi connectivity index (χ1v) is 9.06. The molecular weight excluding hydrogens is 385 g/mol. The number of rotatable bonds is 7. The molecule has 3 rings (SSSR count). The van der Waals surface area contributed by atoms with E-state index >= 15 is 0 Å². The maximum absolute atomic E-state index is 14.0. The van der Waals surface area contributed by atoms with Gasteiger partial charge < -0.3 is 24.5 Å². The highest BCUT2D eigenvalue weighted by atomic mass is 19.4. The van der Waals surface area contributed by atoms with Crippen molar-refractivity contribution in [2.45, 2.75) is 25.6 Å². The van der Waals surface area contributed by atoms with E-state index in [9.17, 15) is 13.2 Å². The van der Waals surface area contributed by atoms with E-state index in [1.54, 1.807) is 12.1 Å². The van der Waals surface area contributed by atoms with E-state index in [1.165, 1.54) is 39.7 Å². The summed E-state index contributed by atoms with van der Waals surface area (Å²) in [6, 6.07) is 6.34. The number of anilines is 1. The van der Waals surface area contributed by atoms with Crippen molar-refractivity contribution in [3.05, 3.63) is 47.7 Å². The second-order valence-corrected chi connectivity index (χ2v) is 6.47. The summed E-state index contributed by atoms with van der Waals surface area (Å²) in [6.07, 6.45) is -2.40. The van der Waals surface area contributed by atoms with Crippen LogP contribution in [0.1, 0.15) is 24.1 Å². The zero-order chi connectivity index (χ0) is 21.2. The summed E-state index contributed by atoms with van der Waals surface area (Å²) in [5.41, 5.74) is 1.99. The number of aromatic nitrogens is 1. The van der Waals surface area contributed by atoms with Gasteiger partial charge >= 0.3 is 6.18 Å². The number of hydrogen-bond donors (Lipinski definition) is 2. The summed E-state index contributed by atoms with van der Waals surface area (Å²) in [4.78, 5) is 3.00. The molecule has 2 aromatic carbocycles. The minimum absolute atomic E-state index is 0.122. The van der Waals surface area contributed by atoms with E-state index in [-0.39, 0.29) is 22.7 Å². The molecule has 2 N–H and O–H groups in total. The molecule has 1 aromatic heterocycles. The van der Waals surface area contributed by atoms with Crippen LogP contribution < -0.4 is 19.5 Å². The van der Waals surface area contributed by atoms with Crippen LogP contribution in [0.5, 0.6) is 17.2 Å². The Morgan fingerprint density at radius 2 is 1.69 bits per heavy atom. The fourth-order valence-corrected chi connectivity index (χ4v) is 3.44. The second-order valence-electron chi connectivity index (χ2n) is 6.47. The molecule has 0 radical (unpaired) electrons. The molecule has 8 heteroatoms. The number of H-pyrrole nitrogens is 1. The van der Waals surface area contributed by atoms with E-state index in [0.717, 1.165) is 5.56 Å². The summed E-state index contributed by atoms with van der Waals surface area (Å²) in [5, 5.41) is 3.13. The molecule has 0 saturated heterocycles. The Bertz CT molecular complexity index is 973. The van der Waals surface area contributed by atoms with Gasteiger partial charge in [-0.2, -0.15) is 13.2 Å². The quantitative estimate of drug-likeness (QED) is 0.544. The fourth-order valence-electron chi connectivity index (χ4n) is 3.44. The first-order chi connectivity index (χ1) is 13.8. The maximum Gasteiger partial charge on any atom is 0.412 e. The molecule has 0 aliphatic carbocycles. The van der Waals surface area contributed by atoms with Crippen LogP contribution in [0.25, 0.3) is 10.9 Å². The van der Waals surface area contributed by atoms with E-state index in [4.69, 9.17) is 14.2 Å². The lowest BCUT2D eigenvalue weighted by molar-refractivity contribution is -0.143. The number of para-hydroxylation sites is 1. The van der Waals surface area contributed by atoms with Gasteiger partial charge in [-0.25, -0.2) is 0 Å². The monoisotopic (exact) mass is 408 g/mol. The number of aryl methyl sites for hydroxylation is 1. The molecule has 0 spiro atoms. The molecule has 0 unspecified atom stereocenters. The van der Waals surface area contributed by atoms with Crippen molar-refractivity contribution >= 4 is 16.6 Å². The fraction of sp³-hybridized carbons (Fsp3) is 0.333. The Morgan fingerprint density at radius 1 is 1.03 bits per heavy atom. The summed E-state index contributed by atoms with van der Waals surface area (Å²) >= 11 is 0. The molecule has 3 aromatic rings. The largest absolute Gasteiger partial charge is 0.493 e. The van der Waals surface area contributed by atoms with Crippen molar-refractivity contribution in [3.63, 3.8) is 0 Å². The van der Waals surface area contributed by atoms with Gasteiger partial charge in [-0.05, 0) is 12.0 Å². The maximum atomic E-state index is 14.0. The number of methoxy groups -OCH3 is 3. The molecule has 29 heavy (non-hydrogen) atoms. The summed E-state index contributed by atoms with van der Waals surface area (Å²) in [6.45, 7) is 1.96.